The zero-order valence-electron chi connectivity index (χ0n) is 14.8. The van der Waals surface area contributed by atoms with E-state index in [4.69, 9.17) is 0 Å². The molecular formula is C22H23N3O. The summed E-state index contributed by atoms with van der Waals surface area (Å²) in [5, 5.41) is 0. The van der Waals surface area contributed by atoms with Gasteiger partial charge in [-0.1, -0.05) is 60.7 Å². The van der Waals surface area contributed by atoms with E-state index in [0.29, 0.717) is 18.9 Å². The molecule has 26 heavy (non-hydrogen) atoms. The molecule has 0 spiro atoms. The van der Waals surface area contributed by atoms with Crippen molar-refractivity contribution in [1.82, 2.24) is 14.5 Å². The van der Waals surface area contributed by atoms with E-state index >= 15 is 0 Å². The maximum absolute atomic E-state index is 12.5. The lowest BCUT2D eigenvalue weighted by atomic mass is 9.99. The van der Waals surface area contributed by atoms with Crippen LogP contribution < -0.4 is 0 Å². The summed E-state index contributed by atoms with van der Waals surface area (Å²) in [6.45, 7) is 2.24. The van der Waals surface area contributed by atoms with Crippen LogP contribution in [0.2, 0.25) is 0 Å². The molecule has 0 bridgehead atoms. The molecule has 1 saturated heterocycles. The summed E-state index contributed by atoms with van der Waals surface area (Å²) < 4.78 is 2.13. The number of nitrogens with zero attached hydrogens (tertiary/aromatic N) is 3. The Labute approximate surface area is 154 Å². The summed E-state index contributed by atoms with van der Waals surface area (Å²) in [6, 6.07) is 20.8. The molecule has 0 aliphatic carbocycles. The number of carbonyl (C=O) groups excluding carboxylic acids is 1. The lowest BCUT2D eigenvalue weighted by molar-refractivity contribution is -0.128. The molecule has 1 aliphatic heterocycles. The summed E-state index contributed by atoms with van der Waals surface area (Å²) in [6.07, 6.45) is 5.33. The van der Waals surface area contributed by atoms with Crippen LogP contribution in [0.25, 0.3) is 0 Å². The average Bonchev–Trinajstić information content (AvgIpc) is 3.23. The van der Waals surface area contributed by atoms with Crippen molar-refractivity contribution >= 4 is 5.91 Å². The molecular weight excluding hydrogens is 322 g/mol. The fourth-order valence-electron chi connectivity index (χ4n) is 3.69. The minimum Gasteiger partial charge on any atom is -0.337 e. The van der Waals surface area contributed by atoms with E-state index in [0.717, 1.165) is 25.2 Å². The van der Waals surface area contributed by atoms with Crippen LogP contribution in [0.4, 0.5) is 0 Å². The van der Waals surface area contributed by atoms with Crippen molar-refractivity contribution in [3.63, 3.8) is 0 Å². The molecule has 4 nitrogen and oxygen atoms in total. The Hall–Kier alpha value is -2.88. The average molecular weight is 345 g/mol. The van der Waals surface area contributed by atoms with E-state index in [1.54, 1.807) is 0 Å². The van der Waals surface area contributed by atoms with E-state index in [1.807, 2.05) is 41.7 Å². The highest BCUT2D eigenvalue weighted by Crippen LogP contribution is 2.23. The molecule has 1 amide bonds. The van der Waals surface area contributed by atoms with Crippen LogP contribution in [-0.4, -0.2) is 26.9 Å². The first-order valence-corrected chi connectivity index (χ1v) is 9.12. The van der Waals surface area contributed by atoms with Crippen LogP contribution in [-0.2, 0) is 24.3 Å². The maximum Gasteiger partial charge on any atom is 0.223 e. The predicted octanol–water partition coefficient (Wildman–Crippen LogP) is 3.52. The largest absolute Gasteiger partial charge is 0.337 e. The van der Waals surface area contributed by atoms with Crippen LogP contribution in [0.15, 0.2) is 73.2 Å². The van der Waals surface area contributed by atoms with Gasteiger partial charge in [0.15, 0.2) is 0 Å². The smallest absolute Gasteiger partial charge is 0.223 e. The number of carbonyl (C=O) groups is 1. The van der Waals surface area contributed by atoms with Crippen LogP contribution in [0.5, 0.6) is 0 Å². The third-order valence-electron chi connectivity index (χ3n) is 5.01. The van der Waals surface area contributed by atoms with Crippen molar-refractivity contribution in [1.29, 1.82) is 0 Å². The number of imidazole rings is 1. The van der Waals surface area contributed by atoms with E-state index in [-0.39, 0.29) is 5.91 Å². The van der Waals surface area contributed by atoms with Gasteiger partial charge in [-0.2, -0.15) is 0 Å². The number of likely N-dealkylation sites (tertiary alicyclic amines) is 1. The maximum atomic E-state index is 12.5. The lowest BCUT2D eigenvalue weighted by Crippen LogP contribution is -2.26. The molecule has 0 N–H and O–H groups in total. The fourth-order valence-corrected chi connectivity index (χ4v) is 3.69. The molecule has 3 aromatic rings. The molecule has 1 aliphatic rings. The summed E-state index contributed by atoms with van der Waals surface area (Å²) in [7, 11) is 0. The van der Waals surface area contributed by atoms with Gasteiger partial charge in [0.05, 0.1) is 18.6 Å². The van der Waals surface area contributed by atoms with Gasteiger partial charge in [0.2, 0.25) is 5.91 Å². The van der Waals surface area contributed by atoms with Crippen molar-refractivity contribution in [2.75, 3.05) is 6.54 Å². The number of aromatic nitrogens is 2. The first kappa shape index (κ1) is 16.6. The standard InChI is InChI=1S/C22H23N3O/c26-22-12-20(11-18-7-3-1-4-8-18)15-24(22)16-21-13-23-17-25(21)14-19-9-5-2-6-10-19/h1-10,13,17,20H,11-12,14-16H2/t20-/m1/s1. The zero-order chi connectivity index (χ0) is 17.8. The van der Waals surface area contributed by atoms with Gasteiger partial charge in [-0.15, -0.1) is 0 Å². The third-order valence-corrected chi connectivity index (χ3v) is 5.01. The van der Waals surface area contributed by atoms with Gasteiger partial charge in [-0.05, 0) is 23.5 Å². The number of amides is 1. The highest BCUT2D eigenvalue weighted by molar-refractivity contribution is 5.78. The van der Waals surface area contributed by atoms with Crippen LogP contribution in [0.1, 0.15) is 23.2 Å². The van der Waals surface area contributed by atoms with Gasteiger partial charge < -0.3 is 9.47 Å². The topological polar surface area (TPSA) is 38.1 Å². The highest BCUT2D eigenvalue weighted by atomic mass is 16.2. The van der Waals surface area contributed by atoms with Crippen LogP contribution in [0.3, 0.4) is 0 Å². The number of rotatable bonds is 6. The van der Waals surface area contributed by atoms with Crippen LogP contribution in [0, 0.1) is 5.92 Å². The summed E-state index contributed by atoms with van der Waals surface area (Å²) in [5.74, 6) is 0.647. The minimum atomic E-state index is 0.249. The van der Waals surface area contributed by atoms with Gasteiger partial charge in [0.25, 0.3) is 0 Å². The van der Waals surface area contributed by atoms with Crippen molar-refractivity contribution in [3.05, 3.63) is 90.0 Å². The summed E-state index contributed by atoms with van der Waals surface area (Å²) in [4.78, 5) is 18.7. The lowest BCUT2D eigenvalue weighted by Gasteiger charge is -2.18. The summed E-state index contributed by atoms with van der Waals surface area (Å²) in [5.41, 5.74) is 3.63. The van der Waals surface area contributed by atoms with Crippen molar-refractivity contribution in [2.45, 2.75) is 25.9 Å². The molecule has 1 atom stereocenters. The molecule has 4 heteroatoms. The van der Waals surface area contributed by atoms with Gasteiger partial charge in [-0.3, -0.25) is 4.79 Å². The van der Waals surface area contributed by atoms with E-state index in [2.05, 4.69) is 45.9 Å². The molecule has 2 heterocycles. The normalized spacial score (nSPS) is 17.0. The van der Waals surface area contributed by atoms with Gasteiger partial charge in [0, 0.05) is 25.7 Å². The van der Waals surface area contributed by atoms with E-state index < -0.39 is 0 Å². The van der Waals surface area contributed by atoms with Gasteiger partial charge >= 0.3 is 0 Å². The molecule has 0 unspecified atom stereocenters. The molecule has 1 aromatic heterocycles. The Balaban J connectivity index is 1.40. The second-order valence-electron chi connectivity index (χ2n) is 7.03. The zero-order valence-corrected chi connectivity index (χ0v) is 14.8. The van der Waals surface area contributed by atoms with Gasteiger partial charge in [0.1, 0.15) is 0 Å². The van der Waals surface area contributed by atoms with E-state index in [1.165, 1.54) is 11.1 Å². The fraction of sp³-hybridized carbons (Fsp3) is 0.273. The predicted molar refractivity (Wildman–Crippen MR) is 101 cm³/mol. The monoisotopic (exact) mass is 345 g/mol. The SMILES string of the molecule is O=C1C[C@@H](Cc2ccccc2)CN1Cc1cncn1Cc1ccccc1. The van der Waals surface area contributed by atoms with Gasteiger partial charge in [-0.25, -0.2) is 4.98 Å². The molecule has 1 fully saturated rings. The molecule has 132 valence electrons. The molecule has 0 saturated carbocycles. The highest BCUT2D eigenvalue weighted by Gasteiger charge is 2.30. The number of benzene rings is 2. The van der Waals surface area contributed by atoms with E-state index in [9.17, 15) is 4.79 Å². The Kier molecular flexibility index (Phi) is 4.82. The van der Waals surface area contributed by atoms with Crippen LogP contribution >= 0.6 is 0 Å². The first-order chi connectivity index (χ1) is 12.8. The number of hydrogen-bond acceptors (Lipinski definition) is 2. The third kappa shape index (κ3) is 3.85. The molecule has 0 radical (unpaired) electrons. The first-order valence-electron chi connectivity index (χ1n) is 9.12. The second kappa shape index (κ2) is 7.56. The Bertz CT molecular complexity index is 857. The molecule has 4 rings (SSSR count). The van der Waals surface area contributed by atoms with Crippen molar-refractivity contribution < 1.29 is 4.79 Å². The Morgan fingerprint density at radius 3 is 2.35 bits per heavy atom. The Morgan fingerprint density at radius 1 is 0.923 bits per heavy atom. The quantitative estimate of drug-likeness (QED) is 0.685. The summed E-state index contributed by atoms with van der Waals surface area (Å²) >= 11 is 0. The van der Waals surface area contributed by atoms with Crippen molar-refractivity contribution in [2.24, 2.45) is 5.92 Å². The van der Waals surface area contributed by atoms with Crippen molar-refractivity contribution in [3.8, 4) is 0 Å². The Morgan fingerprint density at radius 2 is 1.62 bits per heavy atom. The second-order valence-corrected chi connectivity index (χ2v) is 7.03. The molecule has 2 aromatic carbocycles. The number of hydrogen-bond donors (Lipinski definition) is 0. The minimum absolute atomic E-state index is 0.249.